The van der Waals surface area contributed by atoms with E-state index in [1.807, 2.05) is 7.05 Å². The predicted octanol–water partition coefficient (Wildman–Crippen LogP) is 3.18. The lowest BCUT2D eigenvalue weighted by molar-refractivity contribution is 0.175. The van der Waals surface area contributed by atoms with Crippen LogP contribution >= 0.6 is 0 Å². The Kier molecular flexibility index (Phi) is 3.08. The van der Waals surface area contributed by atoms with E-state index in [1.54, 1.807) is 0 Å². The summed E-state index contributed by atoms with van der Waals surface area (Å²) in [5.41, 5.74) is 2.64. The molecule has 1 fully saturated rings. The van der Waals surface area contributed by atoms with Crippen LogP contribution in [0.4, 0.5) is 0 Å². The SMILES string of the molecule is CNC(c1ccc2cc(C)ccc2c1)C1(CO)CC1. The van der Waals surface area contributed by atoms with Gasteiger partial charge in [-0.1, -0.05) is 35.9 Å². The van der Waals surface area contributed by atoms with Crippen LogP contribution in [0.3, 0.4) is 0 Å². The van der Waals surface area contributed by atoms with Crippen LogP contribution in [-0.2, 0) is 0 Å². The fraction of sp³-hybridized carbons (Fsp3) is 0.412. The van der Waals surface area contributed by atoms with Crippen molar-refractivity contribution in [2.45, 2.75) is 25.8 Å². The zero-order valence-corrected chi connectivity index (χ0v) is 11.6. The molecule has 0 radical (unpaired) electrons. The Labute approximate surface area is 114 Å². The first-order valence-electron chi connectivity index (χ1n) is 6.97. The Morgan fingerprint density at radius 2 is 1.84 bits per heavy atom. The number of aliphatic hydroxyl groups excluding tert-OH is 1. The lowest BCUT2D eigenvalue weighted by Crippen LogP contribution is -2.29. The van der Waals surface area contributed by atoms with E-state index in [2.05, 4.69) is 48.6 Å². The summed E-state index contributed by atoms with van der Waals surface area (Å²) in [7, 11) is 1.99. The largest absolute Gasteiger partial charge is 0.396 e. The van der Waals surface area contributed by atoms with Crippen LogP contribution in [0.15, 0.2) is 36.4 Å². The molecule has 0 aliphatic heterocycles. The molecular weight excluding hydrogens is 234 g/mol. The van der Waals surface area contributed by atoms with Gasteiger partial charge in [-0.3, -0.25) is 0 Å². The van der Waals surface area contributed by atoms with Gasteiger partial charge in [-0.25, -0.2) is 0 Å². The molecule has 2 aromatic rings. The number of benzene rings is 2. The molecule has 100 valence electrons. The molecule has 19 heavy (non-hydrogen) atoms. The molecule has 2 aromatic carbocycles. The summed E-state index contributed by atoms with van der Waals surface area (Å²) in [5, 5.41) is 15.6. The first-order valence-corrected chi connectivity index (χ1v) is 6.97. The highest BCUT2D eigenvalue weighted by atomic mass is 16.3. The Morgan fingerprint density at radius 1 is 1.16 bits per heavy atom. The Balaban J connectivity index is 2.02. The van der Waals surface area contributed by atoms with Crippen LogP contribution < -0.4 is 5.32 Å². The van der Waals surface area contributed by atoms with Crippen molar-refractivity contribution >= 4 is 10.8 Å². The van der Waals surface area contributed by atoms with Gasteiger partial charge in [-0.2, -0.15) is 0 Å². The topological polar surface area (TPSA) is 32.3 Å². The average Bonchev–Trinajstić information content (AvgIpc) is 3.21. The first kappa shape index (κ1) is 12.6. The predicted molar refractivity (Wildman–Crippen MR) is 79.2 cm³/mol. The molecule has 1 unspecified atom stereocenters. The van der Waals surface area contributed by atoms with E-state index in [0.29, 0.717) is 0 Å². The van der Waals surface area contributed by atoms with E-state index in [4.69, 9.17) is 0 Å². The van der Waals surface area contributed by atoms with Crippen molar-refractivity contribution in [3.63, 3.8) is 0 Å². The summed E-state index contributed by atoms with van der Waals surface area (Å²) < 4.78 is 0. The van der Waals surface area contributed by atoms with Crippen LogP contribution in [0.5, 0.6) is 0 Å². The van der Waals surface area contributed by atoms with E-state index < -0.39 is 0 Å². The van der Waals surface area contributed by atoms with Crippen LogP contribution in [0.2, 0.25) is 0 Å². The molecule has 1 aliphatic carbocycles. The van der Waals surface area contributed by atoms with Gasteiger partial charge in [0.2, 0.25) is 0 Å². The summed E-state index contributed by atoms with van der Waals surface area (Å²) in [6, 6.07) is 13.4. The van der Waals surface area contributed by atoms with Crippen molar-refractivity contribution < 1.29 is 5.11 Å². The number of aryl methyl sites for hydroxylation is 1. The summed E-state index contributed by atoms with van der Waals surface area (Å²) in [6.07, 6.45) is 2.22. The maximum absolute atomic E-state index is 9.63. The van der Waals surface area contributed by atoms with Crippen LogP contribution in [0.1, 0.15) is 30.0 Å². The number of fused-ring (bicyclic) bond motifs is 1. The minimum absolute atomic E-state index is 0.0626. The van der Waals surface area contributed by atoms with Gasteiger partial charge in [0.1, 0.15) is 0 Å². The number of rotatable bonds is 4. The summed E-state index contributed by atoms with van der Waals surface area (Å²) in [6.45, 7) is 2.39. The number of nitrogens with one attached hydrogen (secondary N) is 1. The summed E-state index contributed by atoms with van der Waals surface area (Å²) in [4.78, 5) is 0. The molecule has 1 aliphatic rings. The fourth-order valence-electron chi connectivity index (χ4n) is 3.09. The second kappa shape index (κ2) is 4.62. The van der Waals surface area contributed by atoms with E-state index in [9.17, 15) is 5.11 Å². The lowest BCUT2D eigenvalue weighted by atomic mass is 9.89. The molecule has 2 nitrogen and oxygen atoms in total. The molecule has 1 saturated carbocycles. The number of hydrogen-bond acceptors (Lipinski definition) is 2. The summed E-state index contributed by atoms with van der Waals surface area (Å²) in [5.74, 6) is 0. The maximum Gasteiger partial charge on any atom is 0.0505 e. The van der Waals surface area contributed by atoms with Crippen LogP contribution in [0, 0.1) is 12.3 Å². The minimum atomic E-state index is 0.0626. The number of hydrogen-bond donors (Lipinski definition) is 2. The Bertz CT molecular complexity index is 601. The second-order valence-electron chi connectivity index (χ2n) is 5.85. The zero-order chi connectivity index (χ0) is 13.5. The van der Waals surface area contributed by atoms with Gasteiger partial charge in [0.25, 0.3) is 0 Å². The van der Waals surface area contributed by atoms with Crippen molar-refractivity contribution in [1.82, 2.24) is 5.32 Å². The number of aliphatic hydroxyl groups is 1. The van der Waals surface area contributed by atoms with Gasteiger partial charge < -0.3 is 10.4 Å². The highest BCUT2D eigenvalue weighted by molar-refractivity contribution is 5.83. The van der Waals surface area contributed by atoms with E-state index in [1.165, 1.54) is 21.9 Å². The third-order valence-electron chi connectivity index (χ3n) is 4.46. The lowest BCUT2D eigenvalue weighted by Gasteiger charge is -2.25. The van der Waals surface area contributed by atoms with Crippen molar-refractivity contribution in [2.75, 3.05) is 13.7 Å². The van der Waals surface area contributed by atoms with Gasteiger partial charge in [0.05, 0.1) is 6.61 Å². The highest BCUT2D eigenvalue weighted by Crippen LogP contribution is 2.54. The Hall–Kier alpha value is -1.38. The van der Waals surface area contributed by atoms with Gasteiger partial charge in [-0.05, 0) is 49.2 Å². The molecule has 3 rings (SSSR count). The molecule has 0 saturated heterocycles. The van der Waals surface area contributed by atoms with Crippen LogP contribution in [0.25, 0.3) is 10.8 Å². The van der Waals surface area contributed by atoms with Gasteiger partial charge in [0.15, 0.2) is 0 Å². The van der Waals surface area contributed by atoms with E-state index in [0.717, 1.165) is 12.8 Å². The second-order valence-corrected chi connectivity index (χ2v) is 5.85. The molecule has 2 heteroatoms. The normalized spacial score (nSPS) is 18.5. The Morgan fingerprint density at radius 3 is 2.47 bits per heavy atom. The van der Waals surface area contributed by atoms with Crippen molar-refractivity contribution in [3.8, 4) is 0 Å². The molecule has 1 atom stereocenters. The van der Waals surface area contributed by atoms with E-state index >= 15 is 0 Å². The fourth-order valence-corrected chi connectivity index (χ4v) is 3.09. The zero-order valence-electron chi connectivity index (χ0n) is 11.6. The van der Waals surface area contributed by atoms with E-state index in [-0.39, 0.29) is 18.1 Å². The van der Waals surface area contributed by atoms with Gasteiger partial charge in [-0.15, -0.1) is 0 Å². The van der Waals surface area contributed by atoms with Crippen molar-refractivity contribution in [1.29, 1.82) is 0 Å². The highest BCUT2D eigenvalue weighted by Gasteiger charge is 2.48. The molecule has 2 N–H and O–H groups in total. The first-order chi connectivity index (χ1) is 9.18. The van der Waals surface area contributed by atoms with Crippen LogP contribution in [-0.4, -0.2) is 18.8 Å². The monoisotopic (exact) mass is 255 g/mol. The third-order valence-corrected chi connectivity index (χ3v) is 4.46. The molecule has 0 amide bonds. The van der Waals surface area contributed by atoms with Gasteiger partial charge >= 0.3 is 0 Å². The minimum Gasteiger partial charge on any atom is -0.396 e. The van der Waals surface area contributed by atoms with Crippen molar-refractivity contribution in [3.05, 3.63) is 47.5 Å². The summed E-state index contributed by atoms with van der Waals surface area (Å²) >= 11 is 0. The molecule has 0 bridgehead atoms. The standard InChI is InChI=1S/C17H21NO/c1-12-3-4-14-10-15(6-5-13(14)9-12)16(18-2)17(11-19)7-8-17/h3-6,9-10,16,18-19H,7-8,11H2,1-2H3. The van der Waals surface area contributed by atoms with Gasteiger partial charge in [0, 0.05) is 11.5 Å². The molecule has 0 spiro atoms. The quantitative estimate of drug-likeness (QED) is 0.879. The molecule has 0 heterocycles. The molecular formula is C17H21NO. The third kappa shape index (κ3) is 2.15. The average molecular weight is 255 g/mol. The molecule has 0 aromatic heterocycles. The smallest absolute Gasteiger partial charge is 0.0505 e. The maximum atomic E-state index is 9.63. The van der Waals surface area contributed by atoms with Crippen molar-refractivity contribution in [2.24, 2.45) is 5.41 Å².